The van der Waals surface area contributed by atoms with Crippen LogP contribution in [0, 0.1) is 12.8 Å². The molecule has 1 saturated carbocycles. The molecule has 0 radical (unpaired) electrons. The number of ether oxygens (including phenoxy) is 2. The summed E-state index contributed by atoms with van der Waals surface area (Å²) in [5.74, 6) is 1.73. The average Bonchev–Trinajstić information content (AvgIpc) is 3.27. The van der Waals surface area contributed by atoms with Gasteiger partial charge in [-0.1, -0.05) is 49.1 Å². The summed E-state index contributed by atoms with van der Waals surface area (Å²) in [5.41, 5.74) is 3.53. The molecule has 0 bridgehead atoms. The second-order valence-corrected chi connectivity index (χ2v) is 11.1. The normalized spacial score (nSPS) is 16.4. The number of hydrogen-bond acceptors (Lipinski definition) is 6. The van der Waals surface area contributed by atoms with Gasteiger partial charge in [-0.2, -0.15) is 0 Å². The number of methoxy groups -OCH3 is 1. The first-order valence-electron chi connectivity index (χ1n) is 14.1. The van der Waals surface area contributed by atoms with Gasteiger partial charge in [-0.3, -0.25) is 19.4 Å². The molecule has 2 aliphatic rings. The molecule has 2 N–H and O–H groups in total. The molecule has 2 fully saturated rings. The number of nitrogens with zero attached hydrogens (tertiary/aromatic N) is 2. The highest BCUT2D eigenvalue weighted by Gasteiger charge is 2.28. The number of carbonyl (C=O) groups is 3. The minimum absolute atomic E-state index is 0.126. The Hall–Kier alpha value is -3.30. The highest BCUT2D eigenvalue weighted by molar-refractivity contribution is 6.31. The molecule has 9 nitrogen and oxygen atoms in total. The summed E-state index contributed by atoms with van der Waals surface area (Å²) in [6, 6.07) is 12.6. The fourth-order valence-electron chi connectivity index (χ4n) is 5.48. The number of hydrogen-bond donors (Lipinski definition) is 2. The summed E-state index contributed by atoms with van der Waals surface area (Å²) in [7, 11) is 1.64. The summed E-state index contributed by atoms with van der Waals surface area (Å²) in [6.07, 6.45) is 5.33. The lowest BCUT2D eigenvalue weighted by Crippen LogP contribution is -2.33. The first kappa shape index (κ1) is 32.2. The summed E-state index contributed by atoms with van der Waals surface area (Å²) in [4.78, 5) is 36.1. The van der Waals surface area contributed by atoms with Crippen molar-refractivity contribution in [3.05, 3.63) is 58.1 Å². The van der Waals surface area contributed by atoms with Crippen LogP contribution in [0.15, 0.2) is 36.4 Å². The van der Waals surface area contributed by atoms with E-state index in [1.807, 2.05) is 18.2 Å². The van der Waals surface area contributed by atoms with Crippen molar-refractivity contribution < 1.29 is 34.1 Å². The van der Waals surface area contributed by atoms with Gasteiger partial charge in [0.05, 0.1) is 13.7 Å². The van der Waals surface area contributed by atoms with Crippen LogP contribution in [0.4, 0.5) is 4.79 Å². The lowest BCUT2D eigenvalue weighted by Gasteiger charge is -2.34. The first-order chi connectivity index (χ1) is 19.6. The van der Waals surface area contributed by atoms with Gasteiger partial charge in [0.15, 0.2) is 11.5 Å². The number of likely N-dealkylation sites (tertiary alicyclic amines) is 1. The fourth-order valence-corrected chi connectivity index (χ4v) is 5.60. The van der Waals surface area contributed by atoms with Crippen LogP contribution >= 0.6 is 11.6 Å². The summed E-state index contributed by atoms with van der Waals surface area (Å²) in [5, 5.41) is 14.7. The highest BCUT2D eigenvalue weighted by atomic mass is 35.5. The van der Waals surface area contributed by atoms with E-state index in [0.29, 0.717) is 30.3 Å². The third-order valence-corrected chi connectivity index (χ3v) is 8.19. The molecule has 10 heteroatoms. The van der Waals surface area contributed by atoms with Gasteiger partial charge in [0.2, 0.25) is 11.8 Å². The van der Waals surface area contributed by atoms with Crippen molar-refractivity contribution in [2.45, 2.75) is 71.4 Å². The zero-order valence-electron chi connectivity index (χ0n) is 24.1. The Morgan fingerprint density at radius 3 is 2.32 bits per heavy atom. The molecule has 2 amide bonds. The van der Waals surface area contributed by atoms with Gasteiger partial charge < -0.3 is 19.7 Å². The van der Waals surface area contributed by atoms with Crippen LogP contribution in [0.2, 0.25) is 5.02 Å². The molecular formula is C31H41ClN2O7. The second-order valence-electron chi connectivity index (χ2n) is 10.7. The number of imide groups is 1. The Bertz CT molecular complexity index is 1180. The number of carboxylic acid groups (broad SMARTS) is 2. The molecule has 224 valence electrons. The van der Waals surface area contributed by atoms with Crippen molar-refractivity contribution in [1.29, 1.82) is 0 Å². The predicted molar refractivity (Wildman–Crippen MR) is 157 cm³/mol. The van der Waals surface area contributed by atoms with E-state index in [2.05, 4.69) is 36.9 Å². The molecule has 1 saturated heterocycles. The lowest BCUT2D eigenvalue weighted by molar-refractivity contribution is -0.138. The molecular weight excluding hydrogens is 548 g/mol. The van der Waals surface area contributed by atoms with E-state index in [-0.39, 0.29) is 31.0 Å². The van der Waals surface area contributed by atoms with Crippen molar-refractivity contribution in [3.8, 4) is 11.5 Å². The zero-order valence-corrected chi connectivity index (χ0v) is 24.9. The van der Waals surface area contributed by atoms with Gasteiger partial charge >= 0.3 is 6.16 Å². The van der Waals surface area contributed by atoms with Gasteiger partial charge in [0.1, 0.15) is 6.61 Å². The smallest absolute Gasteiger partial charge is 0.493 e. The molecule has 4 rings (SSSR count). The molecule has 1 aliphatic heterocycles. The van der Waals surface area contributed by atoms with Crippen molar-refractivity contribution >= 4 is 29.6 Å². The second kappa shape index (κ2) is 15.6. The molecule has 1 atom stereocenters. The lowest BCUT2D eigenvalue weighted by atomic mass is 9.88. The van der Waals surface area contributed by atoms with Crippen molar-refractivity contribution in [3.63, 3.8) is 0 Å². The Morgan fingerprint density at radius 2 is 1.71 bits per heavy atom. The van der Waals surface area contributed by atoms with Gasteiger partial charge in [0.25, 0.3) is 0 Å². The Kier molecular flexibility index (Phi) is 12.3. The van der Waals surface area contributed by atoms with Crippen molar-refractivity contribution in [2.24, 2.45) is 5.92 Å². The minimum atomic E-state index is -1.83. The molecule has 0 aromatic heterocycles. The number of halogens is 1. The first-order valence-corrected chi connectivity index (χ1v) is 14.5. The van der Waals surface area contributed by atoms with Crippen LogP contribution in [0.5, 0.6) is 11.5 Å². The van der Waals surface area contributed by atoms with Crippen molar-refractivity contribution in [2.75, 3.05) is 26.8 Å². The maximum absolute atomic E-state index is 11.8. The van der Waals surface area contributed by atoms with E-state index >= 15 is 0 Å². The Morgan fingerprint density at radius 1 is 1.05 bits per heavy atom. The van der Waals surface area contributed by atoms with Gasteiger partial charge in [-0.25, -0.2) is 4.79 Å². The van der Waals surface area contributed by atoms with Crippen molar-refractivity contribution in [1.82, 2.24) is 9.80 Å². The molecule has 0 spiro atoms. The SMILES string of the molecule is COc1cc(CN(CC2CCCCC2)C(C)c2ccc(Cl)c(C)c2)ccc1OCCN1C(=O)CCC1=O.O=C(O)O. The third kappa shape index (κ3) is 9.64. The number of amides is 2. The number of benzene rings is 2. The van der Waals surface area contributed by atoms with E-state index in [1.54, 1.807) is 7.11 Å². The van der Waals surface area contributed by atoms with E-state index in [4.69, 9.17) is 36.1 Å². The van der Waals surface area contributed by atoms with Crippen LogP contribution in [-0.4, -0.2) is 64.8 Å². The van der Waals surface area contributed by atoms with Gasteiger partial charge in [-0.05, 0) is 67.5 Å². The predicted octanol–water partition coefficient (Wildman–Crippen LogP) is 6.55. The summed E-state index contributed by atoms with van der Waals surface area (Å²) in [6.45, 7) is 6.70. The maximum atomic E-state index is 11.8. The number of rotatable bonds is 11. The molecule has 2 aromatic carbocycles. The van der Waals surface area contributed by atoms with E-state index in [9.17, 15) is 9.59 Å². The van der Waals surface area contributed by atoms with Gasteiger partial charge in [0, 0.05) is 37.0 Å². The van der Waals surface area contributed by atoms with Crippen LogP contribution in [0.25, 0.3) is 0 Å². The number of aryl methyl sites for hydroxylation is 1. The Labute approximate surface area is 247 Å². The number of carbonyl (C=O) groups excluding carboxylic acids is 2. The molecule has 1 aliphatic carbocycles. The minimum Gasteiger partial charge on any atom is -0.493 e. The van der Waals surface area contributed by atoms with E-state index < -0.39 is 6.16 Å². The van der Waals surface area contributed by atoms with Crippen LogP contribution < -0.4 is 9.47 Å². The monoisotopic (exact) mass is 588 g/mol. The quantitative estimate of drug-likeness (QED) is 0.284. The van der Waals surface area contributed by atoms with Crippen LogP contribution in [-0.2, 0) is 16.1 Å². The summed E-state index contributed by atoms with van der Waals surface area (Å²) >= 11 is 6.31. The average molecular weight is 589 g/mol. The topological polar surface area (TPSA) is 117 Å². The Balaban J connectivity index is 0.00000108. The molecule has 2 aromatic rings. The van der Waals surface area contributed by atoms with Crippen LogP contribution in [0.1, 0.15) is 74.6 Å². The molecule has 41 heavy (non-hydrogen) atoms. The van der Waals surface area contributed by atoms with Gasteiger partial charge in [-0.15, -0.1) is 0 Å². The molecule has 1 heterocycles. The zero-order chi connectivity index (χ0) is 29.9. The summed E-state index contributed by atoms with van der Waals surface area (Å²) < 4.78 is 11.6. The highest BCUT2D eigenvalue weighted by Crippen LogP contribution is 2.33. The third-order valence-electron chi connectivity index (χ3n) is 7.77. The molecule has 1 unspecified atom stereocenters. The van der Waals surface area contributed by atoms with E-state index in [0.717, 1.165) is 29.2 Å². The van der Waals surface area contributed by atoms with E-state index in [1.165, 1.54) is 42.6 Å². The maximum Gasteiger partial charge on any atom is 0.503 e. The largest absolute Gasteiger partial charge is 0.503 e. The standard InChI is InChI=1S/C30H39ClN2O4.CH2O3/c1-21-17-25(10-11-26(21)31)22(2)32(19-23-7-5-4-6-8-23)20-24-9-12-27(28(18-24)36-3)37-16-15-33-29(34)13-14-30(33)35;2-1(3)4/h9-12,17-18,22-23H,4-8,13-16,19-20H2,1-3H3;(H2,2,3,4). The fraction of sp³-hybridized carbons (Fsp3) is 0.516. The van der Waals surface area contributed by atoms with Crippen LogP contribution in [0.3, 0.4) is 0 Å².